The van der Waals surface area contributed by atoms with Crippen LogP contribution in [0.15, 0.2) is 6.07 Å². The Bertz CT molecular complexity index is 294. The topological polar surface area (TPSA) is 52.1 Å². The molecule has 0 aliphatic rings. The van der Waals surface area contributed by atoms with Crippen LogP contribution < -0.4 is 0 Å². The van der Waals surface area contributed by atoms with E-state index in [0.717, 1.165) is 9.39 Å². The molecule has 0 saturated heterocycles. The molecule has 1 aromatic heterocycles. The Balaban J connectivity index is 3.08. The molecule has 0 amide bonds. The van der Waals surface area contributed by atoms with Crippen LogP contribution in [0.1, 0.15) is 16.3 Å². The lowest BCUT2D eigenvalue weighted by molar-refractivity contribution is 0.0586. The van der Waals surface area contributed by atoms with Crippen LogP contribution in [0.4, 0.5) is 0 Å². The summed E-state index contributed by atoms with van der Waals surface area (Å²) in [6.07, 6.45) is 0. The average Bonchev–Trinajstić information content (AvgIpc) is 2.01. The number of aromatic nitrogens is 2. The number of esters is 1. The summed E-state index contributed by atoms with van der Waals surface area (Å²) in [7, 11) is 1.31. The largest absolute Gasteiger partial charge is 0.463 e. The van der Waals surface area contributed by atoms with Gasteiger partial charge in [-0.3, -0.25) is 0 Å². The SMILES string of the molecule is COC(=O)c1nc(C)cc(I)n1. The monoisotopic (exact) mass is 278 g/mol. The van der Waals surface area contributed by atoms with Crippen molar-refractivity contribution < 1.29 is 9.53 Å². The predicted octanol–water partition coefficient (Wildman–Crippen LogP) is 1.18. The van der Waals surface area contributed by atoms with Gasteiger partial charge in [-0.1, -0.05) is 0 Å². The third-order valence-electron chi connectivity index (χ3n) is 1.19. The van der Waals surface area contributed by atoms with Crippen LogP contribution in [0.25, 0.3) is 0 Å². The van der Waals surface area contributed by atoms with E-state index in [9.17, 15) is 4.79 Å². The second-order valence-electron chi connectivity index (χ2n) is 2.15. The van der Waals surface area contributed by atoms with Crippen LogP contribution in [0.5, 0.6) is 0 Å². The first kappa shape index (κ1) is 9.37. The minimum absolute atomic E-state index is 0.113. The molecule has 0 N–H and O–H groups in total. The number of nitrogens with zero attached hydrogens (tertiary/aromatic N) is 2. The number of halogens is 1. The van der Waals surface area contributed by atoms with E-state index < -0.39 is 5.97 Å². The highest BCUT2D eigenvalue weighted by atomic mass is 127. The van der Waals surface area contributed by atoms with Gasteiger partial charge in [0.2, 0.25) is 5.82 Å². The fraction of sp³-hybridized carbons (Fsp3) is 0.286. The summed E-state index contributed by atoms with van der Waals surface area (Å²) < 4.78 is 5.22. The molecular weight excluding hydrogens is 271 g/mol. The number of carbonyl (C=O) groups excluding carboxylic acids is 1. The van der Waals surface area contributed by atoms with Gasteiger partial charge in [-0.2, -0.15) is 0 Å². The van der Waals surface area contributed by atoms with Gasteiger partial charge < -0.3 is 4.74 Å². The first-order chi connectivity index (χ1) is 5.63. The van der Waals surface area contributed by atoms with E-state index in [-0.39, 0.29) is 5.82 Å². The minimum Gasteiger partial charge on any atom is -0.463 e. The summed E-state index contributed by atoms with van der Waals surface area (Å²) >= 11 is 2.02. The second-order valence-corrected chi connectivity index (χ2v) is 3.25. The van der Waals surface area contributed by atoms with Gasteiger partial charge in [0.25, 0.3) is 0 Å². The van der Waals surface area contributed by atoms with Crippen molar-refractivity contribution in [2.75, 3.05) is 7.11 Å². The quantitative estimate of drug-likeness (QED) is 0.439. The first-order valence-corrected chi connectivity index (χ1v) is 4.31. The molecule has 0 aliphatic carbocycles. The van der Waals surface area contributed by atoms with Gasteiger partial charge in [0.05, 0.1) is 7.11 Å². The van der Waals surface area contributed by atoms with Crippen LogP contribution in [-0.2, 0) is 4.74 Å². The standard InChI is InChI=1S/C7H7IN2O2/c1-4-3-5(8)10-6(9-4)7(11)12-2/h3H,1-2H3. The second kappa shape index (κ2) is 3.79. The zero-order chi connectivity index (χ0) is 9.14. The molecule has 1 rings (SSSR count). The highest BCUT2D eigenvalue weighted by Gasteiger charge is 2.09. The normalized spacial score (nSPS) is 9.58. The maximum absolute atomic E-state index is 11.0. The Morgan fingerprint density at radius 1 is 1.58 bits per heavy atom. The number of ether oxygens (including phenoxy) is 1. The van der Waals surface area contributed by atoms with Crippen molar-refractivity contribution in [3.8, 4) is 0 Å². The summed E-state index contributed by atoms with van der Waals surface area (Å²) in [5.41, 5.74) is 0.759. The van der Waals surface area contributed by atoms with Crippen molar-refractivity contribution in [2.45, 2.75) is 6.92 Å². The van der Waals surface area contributed by atoms with Crippen LogP contribution in [-0.4, -0.2) is 23.0 Å². The molecule has 0 aromatic carbocycles. The van der Waals surface area contributed by atoms with E-state index >= 15 is 0 Å². The van der Waals surface area contributed by atoms with Crippen LogP contribution >= 0.6 is 22.6 Å². The van der Waals surface area contributed by atoms with Crippen molar-refractivity contribution in [3.63, 3.8) is 0 Å². The molecule has 0 bridgehead atoms. The molecule has 4 nitrogen and oxygen atoms in total. The van der Waals surface area contributed by atoms with Gasteiger partial charge in [0.15, 0.2) is 0 Å². The van der Waals surface area contributed by atoms with Crippen molar-refractivity contribution in [2.24, 2.45) is 0 Å². The first-order valence-electron chi connectivity index (χ1n) is 3.23. The smallest absolute Gasteiger partial charge is 0.376 e. The summed E-state index contributed by atoms with van der Waals surface area (Å²) in [5.74, 6) is -0.390. The molecule has 0 fully saturated rings. The maximum atomic E-state index is 11.0. The Hall–Kier alpha value is -0.720. The number of hydrogen-bond acceptors (Lipinski definition) is 4. The maximum Gasteiger partial charge on any atom is 0.376 e. The molecule has 5 heteroatoms. The van der Waals surface area contributed by atoms with E-state index in [1.165, 1.54) is 7.11 Å². The van der Waals surface area contributed by atoms with Gasteiger partial charge in [0, 0.05) is 5.69 Å². The lowest BCUT2D eigenvalue weighted by Crippen LogP contribution is -2.09. The van der Waals surface area contributed by atoms with Crippen molar-refractivity contribution in [1.29, 1.82) is 0 Å². The number of carbonyl (C=O) groups is 1. The Kier molecular flexibility index (Phi) is 2.96. The fourth-order valence-electron chi connectivity index (χ4n) is 0.713. The van der Waals surface area contributed by atoms with Gasteiger partial charge in [-0.05, 0) is 35.6 Å². The zero-order valence-electron chi connectivity index (χ0n) is 6.67. The minimum atomic E-state index is -0.503. The van der Waals surface area contributed by atoms with Crippen LogP contribution in [0.3, 0.4) is 0 Å². The van der Waals surface area contributed by atoms with Gasteiger partial charge in [-0.15, -0.1) is 0 Å². The summed E-state index contributed by atoms with van der Waals surface area (Å²) in [6.45, 7) is 1.80. The number of aryl methyl sites for hydroxylation is 1. The van der Waals surface area contributed by atoms with Crippen molar-refractivity contribution in [1.82, 2.24) is 9.97 Å². The predicted molar refractivity (Wildman–Crippen MR) is 50.8 cm³/mol. The third kappa shape index (κ3) is 2.13. The molecule has 0 aliphatic heterocycles. The molecular formula is C7H7IN2O2. The highest BCUT2D eigenvalue weighted by molar-refractivity contribution is 14.1. The van der Waals surface area contributed by atoms with Crippen LogP contribution in [0.2, 0.25) is 0 Å². The average molecular weight is 278 g/mol. The van der Waals surface area contributed by atoms with Gasteiger partial charge >= 0.3 is 5.97 Å². The number of methoxy groups -OCH3 is 1. The Morgan fingerprint density at radius 3 is 2.75 bits per heavy atom. The highest BCUT2D eigenvalue weighted by Crippen LogP contribution is 2.03. The molecule has 12 heavy (non-hydrogen) atoms. The van der Waals surface area contributed by atoms with Crippen molar-refractivity contribution in [3.05, 3.63) is 21.3 Å². The molecule has 0 radical (unpaired) electrons. The van der Waals surface area contributed by atoms with Gasteiger partial charge in [-0.25, -0.2) is 14.8 Å². The zero-order valence-corrected chi connectivity index (χ0v) is 8.82. The summed E-state index contributed by atoms with van der Waals surface area (Å²) in [6, 6.07) is 1.78. The summed E-state index contributed by atoms with van der Waals surface area (Å²) in [4.78, 5) is 18.8. The lowest BCUT2D eigenvalue weighted by atomic mass is 10.4. The van der Waals surface area contributed by atoms with Crippen LogP contribution in [0, 0.1) is 10.6 Å². The van der Waals surface area contributed by atoms with E-state index in [4.69, 9.17) is 0 Å². The third-order valence-corrected chi connectivity index (χ3v) is 1.74. The summed E-state index contributed by atoms with van der Waals surface area (Å²) in [5, 5.41) is 0. The van der Waals surface area contributed by atoms with E-state index in [2.05, 4.69) is 14.7 Å². The van der Waals surface area contributed by atoms with E-state index in [0.29, 0.717) is 0 Å². The van der Waals surface area contributed by atoms with Gasteiger partial charge in [0.1, 0.15) is 3.70 Å². The molecule has 0 unspecified atom stereocenters. The van der Waals surface area contributed by atoms with E-state index in [1.807, 2.05) is 22.6 Å². The molecule has 0 saturated carbocycles. The van der Waals surface area contributed by atoms with E-state index in [1.54, 1.807) is 13.0 Å². The molecule has 0 spiro atoms. The molecule has 1 aromatic rings. The molecule has 1 heterocycles. The number of rotatable bonds is 1. The molecule has 0 atom stereocenters. The molecule has 64 valence electrons. The Morgan fingerprint density at radius 2 is 2.25 bits per heavy atom. The number of hydrogen-bond donors (Lipinski definition) is 0. The Labute approximate surface area is 83.5 Å². The lowest BCUT2D eigenvalue weighted by Gasteiger charge is -1.99. The fourth-order valence-corrected chi connectivity index (χ4v) is 1.39. The van der Waals surface area contributed by atoms with Crippen molar-refractivity contribution >= 4 is 28.6 Å².